The predicted molar refractivity (Wildman–Crippen MR) is 156 cm³/mol. The summed E-state index contributed by atoms with van der Waals surface area (Å²) < 4.78 is 16.9. The van der Waals surface area contributed by atoms with E-state index in [1.807, 2.05) is 13.8 Å². The van der Waals surface area contributed by atoms with Crippen molar-refractivity contribution in [2.75, 3.05) is 32.8 Å². The number of nitrogens with zero attached hydrogens (tertiary/aromatic N) is 3. The average molecular weight is 615 g/mol. The topological polar surface area (TPSA) is 185 Å². The highest BCUT2D eigenvalue weighted by atomic mass is 16.6. The predicted octanol–water partition coefficient (Wildman–Crippen LogP) is 2.67. The van der Waals surface area contributed by atoms with Gasteiger partial charge in [-0.15, -0.1) is 0 Å². The van der Waals surface area contributed by atoms with Gasteiger partial charge < -0.3 is 39.5 Å². The number of carbonyl (C=O) groups is 5. The highest BCUT2D eigenvalue weighted by Crippen LogP contribution is 2.40. The number of piperazine rings is 1. The molecule has 4 rings (SSSR count). The minimum Gasteiger partial charge on any atom is -0.491 e. The first-order valence-electron chi connectivity index (χ1n) is 14.7. The number of aliphatic carboxylic acids is 2. The van der Waals surface area contributed by atoms with Crippen molar-refractivity contribution >= 4 is 40.7 Å². The third-order valence-electron chi connectivity index (χ3n) is 7.57. The third kappa shape index (κ3) is 7.47. The van der Waals surface area contributed by atoms with Crippen LogP contribution in [0.25, 0.3) is 10.9 Å². The van der Waals surface area contributed by atoms with E-state index in [1.165, 1.54) is 15.9 Å². The molecule has 1 unspecified atom stereocenters. The number of carboxylic acid groups (broad SMARTS) is 2. The SMILES string of the molecule is CCOC(=O)N1CCN(C(=O)C(CCC(=O)O)NC(=O)c2cc(OC3(C(=O)O)CCC3)c3cc(OC(C)C)ccc3n2)CC1. The lowest BCUT2D eigenvalue weighted by Gasteiger charge is -2.38. The molecule has 44 heavy (non-hydrogen) atoms. The van der Waals surface area contributed by atoms with E-state index in [2.05, 4.69) is 10.3 Å². The van der Waals surface area contributed by atoms with Crippen LogP contribution in [0.3, 0.4) is 0 Å². The molecule has 0 spiro atoms. The molecule has 2 heterocycles. The average Bonchev–Trinajstić information content (AvgIpc) is 2.96. The number of nitrogens with one attached hydrogen (secondary N) is 1. The lowest BCUT2D eigenvalue weighted by Crippen LogP contribution is -2.56. The molecule has 1 aliphatic carbocycles. The molecule has 1 aromatic heterocycles. The number of carbonyl (C=O) groups excluding carboxylic acids is 3. The Labute approximate surface area is 254 Å². The Morgan fingerprint density at radius 3 is 2.27 bits per heavy atom. The van der Waals surface area contributed by atoms with Crippen LogP contribution >= 0.6 is 0 Å². The molecule has 2 aliphatic rings. The smallest absolute Gasteiger partial charge is 0.409 e. The van der Waals surface area contributed by atoms with Gasteiger partial charge in [0.2, 0.25) is 11.5 Å². The summed E-state index contributed by atoms with van der Waals surface area (Å²) in [6.45, 7) is 6.47. The Morgan fingerprint density at radius 2 is 1.70 bits per heavy atom. The van der Waals surface area contributed by atoms with Crippen molar-refractivity contribution in [1.29, 1.82) is 0 Å². The summed E-state index contributed by atoms with van der Waals surface area (Å²) >= 11 is 0. The molecule has 1 atom stereocenters. The number of hydrogen-bond acceptors (Lipinski definition) is 9. The zero-order chi connectivity index (χ0) is 32.0. The van der Waals surface area contributed by atoms with Gasteiger partial charge in [-0.25, -0.2) is 14.6 Å². The zero-order valence-corrected chi connectivity index (χ0v) is 25.0. The molecule has 14 heteroatoms. The molecule has 2 aromatic rings. The fraction of sp³-hybridized carbons (Fsp3) is 0.533. The maximum absolute atomic E-state index is 13.5. The van der Waals surface area contributed by atoms with Gasteiger partial charge in [-0.05, 0) is 64.7 Å². The second kappa shape index (κ2) is 13.8. The molecule has 1 saturated heterocycles. The lowest BCUT2D eigenvalue weighted by molar-refractivity contribution is -0.163. The molecular formula is C30H38N4O10. The fourth-order valence-electron chi connectivity index (χ4n) is 5.09. The molecule has 1 aliphatic heterocycles. The van der Waals surface area contributed by atoms with Gasteiger partial charge in [0, 0.05) is 44.1 Å². The van der Waals surface area contributed by atoms with Crippen LogP contribution in [0, 0.1) is 0 Å². The third-order valence-corrected chi connectivity index (χ3v) is 7.57. The van der Waals surface area contributed by atoms with Crippen LogP contribution in [0.2, 0.25) is 0 Å². The van der Waals surface area contributed by atoms with E-state index in [9.17, 15) is 34.2 Å². The maximum atomic E-state index is 13.5. The number of benzene rings is 1. The van der Waals surface area contributed by atoms with Gasteiger partial charge in [0.25, 0.3) is 5.91 Å². The lowest BCUT2D eigenvalue weighted by atomic mass is 9.80. The highest BCUT2D eigenvalue weighted by Gasteiger charge is 2.47. The van der Waals surface area contributed by atoms with E-state index in [0.717, 1.165) is 0 Å². The first kappa shape index (κ1) is 32.3. The summed E-state index contributed by atoms with van der Waals surface area (Å²) in [6, 6.07) is 5.11. The summed E-state index contributed by atoms with van der Waals surface area (Å²) in [6.07, 6.45) is 0.110. The summed E-state index contributed by atoms with van der Waals surface area (Å²) in [5.41, 5.74) is -1.24. The molecule has 3 N–H and O–H groups in total. The van der Waals surface area contributed by atoms with Crippen LogP contribution < -0.4 is 14.8 Å². The fourth-order valence-corrected chi connectivity index (χ4v) is 5.09. The first-order valence-corrected chi connectivity index (χ1v) is 14.7. The molecule has 0 radical (unpaired) electrons. The van der Waals surface area contributed by atoms with Crippen molar-refractivity contribution in [3.05, 3.63) is 30.0 Å². The van der Waals surface area contributed by atoms with E-state index in [4.69, 9.17) is 14.2 Å². The van der Waals surface area contributed by atoms with Crippen molar-refractivity contribution in [3.63, 3.8) is 0 Å². The van der Waals surface area contributed by atoms with Crippen molar-refractivity contribution in [3.8, 4) is 11.5 Å². The summed E-state index contributed by atoms with van der Waals surface area (Å²) in [4.78, 5) is 69.9. The van der Waals surface area contributed by atoms with Gasteiger partial charge in [0.05, 0.1) is 18.2 Å². The number of aromatic nitrogens is 1. The quantitative estimate of drug-likeness (QED) is 0.319. The van der Waals surface area contributed by atoms with Crippen molar-refractivity contribution in [2.45, 2.75) is 70.6 Å². The van der Waals surface area contributed by atoms with Crippen LogP contribution in [0.15, 0.2) is 24.3 Å². The first-order chi connectivity index (χ1) is 20.9. The number of amides is 3. The normalized spacial score (nSPS) is 16.5. The van der Waals surface area contributed by atoms with Crippen LogP contribution in [-0.4, -0.2) is 105 Å². The van der Waals surface area contributed by atoms with Crippen LogP contribution in [0.4, 0.5) is 4.79 Å². The van der Waals surface area contributed by atoms with Crippen LogP contribution in [0.5, 0.6) is 11.5 Å². The molecule has 0 bridgehead atoms. The summed E-state index contributed by atoms with van der Waals surface area (Å²) in [5.74, 6) is -2.86. The molecular weight excluding hydrogens is 576 g/mol. The zero-order valence-electron chi connectivity index (χ0n) is 25.0. The van der Waals surface area contributed by atoms with Crippen LogP contribution in [-0.2, 0) is 19.1 Å². The minimum absolute atomic E-state index is 0.125. The van der Waals surface area contributed by atoms with Crippen molar-refractivity contribution < 1.29 is 48.4 Å². The Bertz CT molecular complexity index is 1420. The summed E-state index contributed by atoms with van der Waals surface area (Å²) in [5, 5.41) is 22.2. The molecule has 3 amide bonds. The number of carboxylic acids is 2. The number of rotatable bonds is 12. The Balaban J connectivity index is 1.60. The van der Waals surface area contributed by atoms with E-state index in [-0.39, 0.29) is 63.2 Å². The van der Waals surface area contributed by atoms with Gasteiger partial charge in [-0.1, -0.05) is 0 Å². The number of pyridine rings is 1. The van der Waals surface area contributed by atoms with Gasteiger partial charge in [-0.2, -0.15) is 0 Å². The molecule has 2 fully saturated rings. The van der Waals surface area contributed by atoms with Crippen molar-refractivity contribution in [2.24, 2.45) is 0 Å². The van der Waals surface area contributed by atoms with Gasteiger partial charge >= 0.3 is 18.0 Å². The van der Waals surface area contributed by atoms with Gasteiger partial charge in [0.15, 0.2) is 0 Å². The Morgan fingerprint density at radius 1 is 1.02 bits per heavy atom. The highest BCUT2D eigenvalue weighted by molar-refractivity contribution is 6.00. The van der Waals surface area contributed by atoms with E-state index in [0.29, 0.717) is 35.9 Å². The Hall–Kier alpha value is -4.62. The Kier molecular flexibility index (Phi) is 10.1. The largest absolute Gasteiger partial charge is 0.491 e. The van der Waals surface area contributed by atoms with E-state index >= 15 is 0 Å². The van der Waals surface area contributed by atoms with Gasteiger partial charge in [-0.3, -0.25) is 14.4 Å². The standard InChI is InChI=1S/C30H38N4O10/c1-4-42-29(41)34-14-12-33(13-15-34)27(38)22(8-9-25(35)36)32-26(37)23-17-24(44-30(28(39)40)10-5-11-30)20-16-19(43-18(2)3)6-7-21(20)31-23/h6-7,16-18,22H,4-5,8-15H2,1-3H3,(H,32,37)(H,35,36)(H,39,40). The second-order valence-corrected chi connectivity index (χ2v) is 11.1. The monoisotopic (exact) mass is 614 g/mol. The van der Waals surface area contributed by atoms with Crippen LogP contribution in [0.1, 0.15) is 63.4 Å². The maximum Gasteiger partial charge on any atom is 0.409 e. The van der Waals surface area contributed by atoms with Crippen molar-refractivity contribution in [1.82, 2.24) is 20.1 Å². The number of hydrogen-bond donors (Lipinski definition) is 3. The minimum atomic E-state index is -1.44. The molecule has 1 aromatic carbocycles. The second-order valence-electron chi connectivity index (χ2n) is 11.1. The summed E-state index contributed by atoms with van der Waals surface area (Å²) in [7, 11) is 0. The number of ether oxygens (including phenoxy) is 3. The molecule has 238 valence electrons. The number of fused-ring (bicyclic) bond motifs is 1. The molecule has 14 nitrogen and oxygen atoms in total. The van der Waals surface area contributed by atoms with Gasteiger partial charge in [0.1, 0.15) is 23.2 Å². The van der Waals surface area contributed by atoms with E-state index < -0.39 is 41.5 Å². The van der Waals surface area contributed by atoms with E-state index in [1.54, 1.807) is 25.1 Å². The molecule has 1 saturated carbocycles.